The van der Waals surface area contributed by atoms with Gasteiger partial charge in [-0.05, 0) is 64.2 Å². The predicted octanol–water partition coefficient (Wildman–Crippen LogP) is 3.78. The Labute approximate surface area is 137 Å². The average Bonchev–Trinajstić information content (AvgIpc) is 3.26. The summed E-state index contributed by atoms with van der Waals surface area (Å²) in [6.45, 7) is 7.59. The van der Waals surface area contributed by atoms with Gasteiger partial charge in [-0.1, -0.05) is 12.0 Å². The van der Waals surface area contributed by atoms with Crippen LogP contribution in [0, 0.1) is 17.8 Å². The standard InChI is InChI=1S/C18H21BFNO2/c1-17(2)18(3,4)23-19(22-17)16(20)11-14-8-10-15(21-12-14)9-7-13-5-6-13/h8,10-13H,5-6H2,1-4H3. The van der Waals surface area contributed by atoms with Crippen LogP contribution in [-0.4, -0.2) is 23.3 Å². The molecule has 1 aliphatic heterocycles. The van der Waals surface area contributed by atoms with Crippen molar-refractivity contribution in [3.05, 3.63) is 35.3 Å². The minimum absolute atomic E-state index is 0.456. The van der Waals surface area contributed by atoms with Crippen LogP contribution in [-0.2, 0) is 9.31 Å². The first kappa shape index (κ1) is 16.2. The van der Waals surface area contributed by atoms with Gasteiger partial charge in [-0.2, -0.15) is 0 Å². The maximum Gasteiger partial charge on any atom is 0.525 e. The Bertz CT molecular complexity index is 665. The van der Waals surface area contributed by atoms with E-state index in [2.05, 4.69) is 16.8 Å². The van der Waals surface area contributed by atoms with Crippen molar-refractivity contribution in [3.63, 3.8) is 0 Å². The number of rotatable bonds is 2. The Hall–Kier alpha value is -1.64. The lowest BCUT2D eigenvalue weighted by molar-refractivity contribution is 0.00578. The molecule has 120 valence electrons. The van der Waals surface area contributed by atoms with Crippen LogP contribution in [0.25, 0.3) is 6.08 Å². The van der Waals surface area contributed by atoms with Crippen LogP contribution < -0.4 is 0 Å². The summed E-state index contributed by atoms with van der Waals surface area (Å²) in [5.41, 5.74) is -0.186. The molecule has 2 aliphatic rings. The molecule has 0 aromatic carbocycles. The molecule has 23 heavy (non-hydrogen) atoms. The molecular weight excluding hydrogens is 292 g/mol. The first-order chi connectivity index (χ1) is 10.8. The van der Waals surface area contributed by atoms with Crippen LogP contribution >= 0.6 is 0 Å². The van der Waals surface area contributed by atoms with Crippen LogP contribution in [0.5, 0.6) is 0 Å². The number of pyridine rings is 1. The molecule has 2 heterocycles. The minimum Gasteiger partial charge on any atom is -0.398 e. The van der Waals surface area contributed by atoms with Crippen molar-refractivity contribution < 1.29 is 13.7 Å². The largest absolute Gasteiger partial charge is 0.525 e. The van der Waals surface area contributed by atoms with Crippen LogP contribution in [0.15, 0.2) is 24.1 Å². The van der Waals surface area contributed by atoms with Crippen molar-refractivity contribution in [2.45, 2.75) is 51.7 Å². The van der Waals surface area contributed by atoms with Gasteiger partial charge in [0.25, 0.3) is 0 Å². The maximum atomic E-state index is 14.4. The summed E-state index contributed by atoms with van der Waals surface area (Å²) < 4.78 is 25.8. The van der Waals surface area contributed by atoms with E-state index in [-0.39, 0.29) is 0 Å². The van der Waals surface area contributed by atoms with Gasteiger partial charge in [0, 0.05) is 12.1 Å². The molecule has 5 heteroatoms. The van der Waals surface area contributed by atoms with Gasteiger partial charge >= 0.3 is 7.12 Å². The highest BCUT2D eigenvalue weighted by Crippen LogP contribution is 2.39. The van der Waals surface area contributed by atoms with E-state index in [1.807, 2.05) is 27.7 Å². The predicted molar refractivity (Wildman–Crippen MR) is 89.0 cm³/mol. The van der Waals surface area contributed by atoms with E-state index < -0.39 is 24.0 Å². The lowest BCUT2D eigenvalue weighted by Crippen LogP contribution is -2.41. The molecule has 2 fully saturated rings. The third-order valence-electron chi connectivity index (χ3n) is 4.55. The van der Waals surface area contributed by atoms with E-state index in [0.29, 0.717) is 17.2 Å². The maximum absolute atomic E-state index is 14.4. The molecule has 1 aromatic heterocycles. The number of aromatic nitrogens is 1. The topological polar surface area (TPSA) is 31.4 Å². The third kappa shape index (κ3) is 3.65. The zero-order chi connectivity index (χ0) is 16.7. The van der Waals surface area contributed by atoms with E-state index in [1.54, 1.807) is 18.3 Å². The number of hydrogen-bond donors (Lipinski definition) is 0. The first-order valence-corrected chi connectivity index (χ1v) is 7.97. The number of halogens is 1. The molecule has 0 spiro atoms. The second-order valence-corrected chi connectivity index (χ2v) is 7.14. The lowest BCUT2D eigenvalue weighted by atomic mass is 9.87. The zero-order valence-corrected chi connectivity index (χ0v) is 14.0. The minimum atomic E-state index is -0.977. The van der Waals surface area contributed by atoms with Crippen LogP contribution in [0.3, 0.4) is 0 Å². The van der Waals surface area contributed by atoms with Gasteiger partial charge < -0.3 is 9.31 Å². The molecule has 3 nitrogen and oxygen atoms in total. The van der Waals surface area contributed by atoms with E-state index in [9.17, 15) is 4.39 Å². The Morgan fingerprint density at radius 2 is 1.91 bits per heavy atom. The number of nitrogens with zero attached hydrogens (tertiary/aromatic N) is 1. The summed E-state index contributed by atoms with van der Waals surface area (Å²) in [6, 6.07) is 3.60. The van der Waals surface area contributed by atoms with E-state index in [4.69, 9.17) is 9.31 Å². The molecular formula is C18H21BFNO2. The van der Waals surface area contributed by atoms with Gasteiger partial charge in [0.2, 0.25) is 0 Å². The molecule has 0 radical (unpaired) electrons. The second kappa shape index (κ2) is 5.77. The summed E-state index contributed by atoms with van der Waals surface area (Å²) in [5.74, 6) is 6.73. The summed E-state index contributed by atoms with van der Waals surface area (Å²) in [5, 5.41) is 0. The summed E-state index contributed by atoms with van der Waals surface area (Å²) in [6.07, 6.45) is 5.38. The highest BCUT2D eigenvalue weighted by atomic mass is 19.1. The monoisotopic (exact) mass is 313 g/mol. The molecule has 1 saturated heterocycles. The van der Waals surface area contributed by atoms with Crippen LogP contribution in [0.4, 0.5) is 4.39 Å². The fourth-order valence-corrected chi connectivity index (χ4v) is 2.15. The summed E-state index contributed by atoms with van der Waals surface area (Å²) in [7, 11) is -0.977. The van der Waals surface area contributed by atoms with Gasteiger partial charge in [-0.25, -0.2) is 9.37 Å². The third-order valence-corrected chi connectivity index (χ3v) is 4.55. The Morgan fingerprint density at radius 1 is 1.26 bits per heavy atom. The molecule has 0 unspecified atom stereocenters. The molecule has 3 rings (SSSR count). The van der Waals surface area contributed by atoms with Crippen LogP contribution in [0.2, 0.25) is 0 Å². The quantitative estimate of drug-likeness (QED) is 0.615. The fraction of sp³-hybridized carbons (Fsp3) is 0.500. The normalized spacial score (nSPS) is 22.7. The zero-order valence-electron chi connectivity index (χ0n) is 14.0. The Morgan fingerprint density at radius 3 is 2.43 bits per heavy atom. The Balaban J connectivity index is 1.70. The van der Waals surface area contributed by atoms with E-state index in [0.717, 1.165) is 0 Å². The molecule has 0 N–H and O–H groups in total. The van der Waals surface area contributed by atoms with Crippen molar-refractivity contribution in [1.82, 2.24) is 4.98 Å². The molecule has 0 atom stereocenters. The number of hydrogen-bond acceptors (Lipinski definition) is 3. The van der Waals surface area contributed by atoms with Gasteiger partial charge in [0.15, 0.2) is 0 Å². The first-order valence-electron chi connectivity index (χ1n) is 7.97. The molecule has 1 aromatic rings. The van der Waals surface area contributed by atoms with Crippen molar-refractivity contribution in [1.29, 1.82) is 0 Å². The van der Waals surface area contributed by atoms with E-state index in [1.165, 1.54) is 18.9 Å². The Kier molecular flexibility index (Phi) is 4.08. The van der Waals surface area contributed by atoms with Crippen molar-refractivity contribution in [2.24, 2.45) is 5.92 Å². The molecule has 1 aliphatic carbocycles. The SMILES string of the molecule is CC1(C)OB(C(F)=Cc2ccc(C#CC3CC3)nc2)OC1(C)C. The smallest absolute Gasteiger partial charge is 0.398 e. The molecule has 0 bridgehead atoms. The van der Waals surface area contributed by atoms with Crippen molar-refractivity contribution >= 4 is 13.2 Å². The highest BCUT2D eigenvalue weighted by molar-refractivity contribution is 6.54. The lowest BCUT2D eigenvalue weighted by Gasteiger charge is -2.32. The van der Waals surface area contributed by atoms with Crippen molar-refractivity contribution in [3.8, 4) is 11.8 Å². The average molecular weight is 313 g/mol. The van der Waals surface area contributed by atoms with Gasteiger partial charge in [-0.3, -0.25) is 0 Å². The highest BCUT2D eigenvalue weighted by Gasteiger charge is 2.53. The van der Waals surface area contributed by atoms with Crippen molar-refractivity contribution in [2.75, 3.05) is 0 Å². The summed E-state index contributed by atoms with van der Waals surface area (Å²) >= 11 is 0. The molecule has 0 amide bonds. The molecule has 1 saturated carbocycles. The van der Waals surface area contributed by atoms with Gasteiger partial charge in [0.1, 0.15) is 11.4 Å². The van der Waals surface area contributed by atoms with Gasteiger partial charge in [-0.15, -0.1) is 0 Å². The second-order valence-electron chi connectivity index (χ2n) is 7.14. The fourth-order valence-electron chi connectivity index (χ4n) is 2.15. The summed E-state index contributed by atoms with van der Waals surface area (Å²) in [4.78, 5) is 4.25. The van der Waals surface area contributed by atoms with E-state index >= 15 is 0 Å². The van der Waals surface area contributed by atoms with Crippen LogP contribution in [0.1, 0.15) is 51.8 Å². The van der Waals surface area contributed by atoms with Gasteiger partial charge in [0.05, 0.1) is 11.2 Å².